The summed E-state index contributed by atoms with van der Waals surface area (Å²) in [5.74, 6) is 0.428. The van der Waals surface area contributed by atoms with Gasteiger partial charge in [0.1, 0.15) is 17.6 Å². The van der Waals surface area contributed by atoms with Crippen molar-refractivity contribution in [3.05, 3.63) is 58.7 Å². The molecule has 0 saturated heterocycles. The van der Waals surface area contributed by atoms with E-state index < -0.39 is 6.04 Å². The van der Waals surface area contributed by atoms with E-state index in [9.17, 15) is 9.59 Å². The molecule has 0 saturated carbocycles. The Morgan fingerprint density at radius 3 is 2.76 bits per heavy atom. The zero-order valence-electron chi connectivity index (χ0n) is 15.3. The second-order valence-electron chi connectivity index (χ2n) is 6.44. The molecule has 2 heterocycles. The number of methoxy groups -OCH3 is 1. The molecule has 4 rings (SSSR count). The van der Waals surface area contributed by atoms with E-state index in [2.05, 4.69) is 15.7 Å². The van der Waals surface area contributed by atoms with Crippen molar-refractivity contribution in [2.45, 2.75) is 12.5 Å². The maximum absolute atomic E-state index is 12.9. The molecule has 0 fully saturated rings. The van der Waals surface area contributed by atoms with Crippen molar-refractivity contribution in [2.24, 2.45) is 0 Å². The van der Waals surface area contributed by atoms with Crippen molar-refractivity contribution in [2.75, 3.05) is 17.7 Å². The van der Waals surface area contributed by atoms with Crippen LogP contribution in [0.4, 0.5) is 11.5 Å². The highest BCUT2D eigenvalue weighted by atomic mass is 35.5. The molecule has 29 heavy (non-hydrogen) atoms. The Hall–Kier alpha value is -3.03. The van der Waals surface area contributed by atoms with Gasteiger partial charge in [0.15, 0.2) is 0 Å². The quantitative estimate of drug-likeness (QED) is 0.642. The van der Waals surface area contributed by atoms with Gasteiger partial charge in [0, 0.05) is 16.8 Å². The maximum Gasteiger partial charge on any atom is 0.249 e. The normalized spacial score (nSPS) is 15.4. The molecule has 2 aromatic carbocycles. The fraction of sp³-hybridized carbons (Fsp3) is 0.150. The Morgan fingerprint density at radius 1 is 1.21 bits per heavy atom. The van der Waals surface area contributed by atoms with Crippen molar-refractivity contribution < 1.29 is 14.3 Å². The van der Waals surface area contributed by atoms with Gasteiger partial charge < -0.3 is 15.4 Å². The first kappa shape index (κ1) is 19.3. The molecule has 0 radical (unpaired) electrons. The number of amides is 2. The van der Waals surface area contributed by atoms with Crippen molar-refractivity contribution in [1.29, 1.82) is 0 Å². The third-order valence-corrected chi connectivity index (χ3v) is 5.35. The number of hydrogen-bond acceptors (Lipinski definition) is 4. The second kappa shape index (κ2) is 7.77. The standard InChI is InChI=1S/C20H16Cl2N4O3/c1-29-17-5-3-2-4-12(17)13-10-23-26-16(9-18(27)25-19(13)26)20(28)24-11-6-7-14(21)15(22)8-11/h2-8,10,16H,9H2,1H3,(H,24,28)(H,25,27)/t16-/m0/s1. The van der Waals surface area contributed by atoms with E-state index in [1.807, 2.05) is 24.3 Å². The molecule has 0 unspecified atom stereocenters. The molecule has 1 aliphatic rings. The summed E-state index contributed by atoms with van der Waals surface area (Å²) in [5, 5.41) is 10.6. The number of para-hydroxylation sites is 1. The van der Waals surface area contributed by atoms with Crippen LogP contribution < -0.4 is 15.4 Å². The summed E-state index contributed by atoms with van der Waals surface area (Å²) in [6.07, 6.45) is 1.57. The van der Waals surface area contributed by atoms with E-state index in [4.69, 9.17) is 27.9 Å². The fourth-order valence-corrected chi connectivity index (χ4v) is 3.53. The van der Waals surface area contributed by atoms with E-state index >= 15 is 0 Å². The van der Waals surface area contributed by atoms with Crippen molar-refractivity contribution in [3.63, 3.8) is 0 Å². The van der Waals surface area contributed by atoms with Crippen LogP contribution in [0.5, 0.6) is 5.75 Å². The second-order valence-corrected chi connectivity index (χ2v) is 7.25. The zero-order valence-corrected chi connectivity index (χ0v) is 16.8. The molecule has 2 N–H and O–H groups in total. The average Bonchev–Trinajstić information content (AvgIpc) is 3.13. The Bertz CT molecular complexity index is 1110. The minimum atomic E-state index is -0.809. The van der Waals surface area contributed by atoms with Gasteiger partial charge in [0.05, 0.1) is 29.8 Å². The first-order valence-electron chi connectivity index (χ1n) is 8.74. The molecule has 0 spiro atoms. The molecule has 1 aromatic heterocycles. The highest BCUT2D eigenvalue weighted by Gasteiger charge is 2.33. The summed E-state index contributed by atoms with van der Waals surface area (Å²) in [7, 11) is 1.57. The monoisotopic (exact) mass is 430 g/mol. The highest BCUT2D eigenvalue weighted by molar-refractivity contribution is 6.42. The Labute approximate surface area is 176 Å². The number of benzene rings is 2. The zero-order chi connectivity index (χ0) is 20.5. The Balaban J connectivity index is 1.68. The van der Waals surface area contributed by atoms with Gasteiger partial charge in [0.25, 0.3) is 0 Å². The van der Waals surface area contributed by atoms with Gasteiger partial charge in [-0.3, -0.25) is 9.59 Å². The average molecular weight is 431 g/mol. The van der Waals surface area contributed by atoms with Crippen LogP contribution in [-0.2, 0) is 9.59 Å². The van der Waals surface area contributed by atoms with Gasteiger partial charge in [-0.15, -0.1) is 0 Å². The fourth-order valence-electron chi connectivity index (χ4n) is 3.24. The molecule has 9 heteroatoms. The molecular formula is C20H16Cl2N4O3. The van der Waals surface area contributed by atoms with Gasteiger partial charge in [-0.25, -0.2) is 4.68 Å². The molecular weight excluding hydrogens is 415 g/mol. The number of ether oxygens (including phenoxy) is 1. The van der Waals surface area contributed by atoms with Crippen molar-refractivity contribution >= 4 is 46.5 Å². The predicted molar refractivity (Wildman–Crippen MR) is 112 cm³/mol. The van der Waals surface area contributed by atoms with E-state index in [1.54, 1.807) is 31.5 Å². The van der Waals surface area contributed by atoms with Crippen LogP contribution in [0.2, 0.25) is 10.0 Å². The molecule has 0 aliphatic carbocycles. The number of carbonyl (C=O) groups excluding carboxylic acids is 2. The van der Waals surface area contributed by atoms with Gasteiger partial charge in [-0.1, -0.05) is 41.4 Å². The largest absolute Gasteiger partial charge is 0.496 e. The molecule has 148 valence electrons. The van der Waals surface area contributed by atoms with Crippen LogP contribution in [0.1, 0.15) is 12.5 Å². The molecule has 7 nitrogen and oxygen atoms in total. The highest BCUT2D eigenvalue weighted by Crippen LogP contribution is 2.38. The number of rotatable bonds is 4. The minimum absolute atomic E-state index is 0.0345. The van der Waals surface area contributed by atoms with Crippen molar-refractivity contribution in [1.82, 2.24) is 9.78 Å². The molecule has 1 atom stereocenters. The summed E-state index contributed by atoms with van der Waals surface area (Å²) >= 11 is 11.9. The number of fused-ring (bicyclic) bond motifs is 1. The van der Waals surface area contributed by atoms with Crippen LogP contribution >= 0.6 is 23.2 Å². The minimum Gasteiger partial charge on any atom is -0.496 e. The van der Waals surface area contributed by atoms with Crippen LogP contribution in [0.25, 0.3) is 11.1 Å². The number of carbonyl (C=O) groups is 2. The summed E-state index contributed by atoms with van der Waals surface area (Å²) in [6.45, 7) is 0. The van der Waals surface area contributed by atoms with Crippen molar-refractivity contribution in [3.8, 4) is 16.9 Å². The first-order valence-corrected chi connectivity index (χ1v) is 9.50. The van der Waals surface area contributed by atoms with E-state index in [0.717, 1.165) is 5.56 Å². The summed E-state index contributed by atoms with van der Waals surface area (Å²) in [6, 6.07) is 11.4. The number of aromatic nitrogens is 2. The number of halogens is 2. The SMILES string of the molecule is COc1ccccc1-c1cnn2c1NC(=O)C[C@H]2C(=O)Nc1ccc(Cl)c(Cl)c1. The third kappa shape index (κ3) is 3.66. The van der Waals surface area contributed by atoms with Gasteiger partial charge >= 0.3 is 0 Å². The first-order chi connectivity index (χ1) is 14.0. The molecule has 2 amide bonds. The van der Waals surface area contributed by atoms with Gasteiger partial charge in [-0.2, -0.15) is 5.10 Å². The predicted octanol–water partition coefficient (Wildman–Crippen LogP) is 4.39. The number of hydrogen-bond donors (Lipinski definition) is 2. The number of nitrogens with one attached hydrogen (secondary N) is 2. The van der Waals surface area contributed by atoms with Gasteiger partial charge in [0.2, 0.25) is 11.8 Å². The van der Waals surface area contributed by atoms with E-state index in [1.165, 1.54) is 4.68 Å². The van der Waals surface area contributed by atoms with E-state index in [-0.39, 0.29) is 18.2 Å². The number of nitrogens with zero attached hydrogens (tertiary/aromatic N) is 2. The smallest absolute Gasteiger partial charge is 0.249 e. The molecule has 0 bridgehead atoms. The lowest BCUT2D eigenvalue weighted by atomic mass is 10.1. The lowest BCUT2D eigenvalue weighted by molar-refractivity contribution is -0.125. The van der Waals surface area contributed by atoms with Crippen LogP contribution in [-0.4, -0.2) is 28.7 Å². The van der Waals surface area contributed by atoms with Crippen LogP contribution in [0.3, 0.4) is 0 Å². The topological polar surface area (TPSA) is 85.2 Å². The summed E-state index contributed by atoms with van der Waals surface area (Å²) in [5.41, 5.74) is 1.92. The third-order valence-electron chi connectivity index (χ3n) is 4.61. The Kier molecular flexibility index (Phi) is 5.17. The lowest BCUT2D eigenvalue weighted by Crippen LogP contribution is -2.35. The Morgan fingerprint density at radius 2 is 2.00 bits per heavy atom. The molecule has 3 aromatic rings. The lowest BCUT2D eigenvalue weighted by Gasteiger charge is -2.24. The van der Waals surface area contributed by atoms with Gasteiger partial charge in [-0.05, 0) is 24.3 Å². The summed E-state index contributed by atoms with van der Waals surface area (Å²) < 4.78 is 6.92. The summed E-state index contributed by atoms with van der Waals surface area (Å²) in [4.78, 5) is 25.2. The van der Waals surface area contributed by atoms with Crippen LogP contribution in [0, 0.1) is 0 Å². The maximum atomic E-state index is 12.9. The van der Waals surface area contributed by atoms with E-state index in [0.29, 0.717) is 32.9 Å². The number of anilines is 2. The van der Waals surface area contributed by atoms with Crippen LogP contribution in [0.15, 0.2) is 48.7 Å². The molecule has 1 aliphatic heterocycles.